The largest absolute Gasteiger partial charge is 0.305 e. The van der Waals surface area contributed by atoms with Crippen molar-refractivity contribution in [2.24, 2.45) is 0 Å². The molecule has 0 spiro atoms. The zero-order chi connectivity index (χ0) is 15.6. The first-order chi connectivity index (χ1) is 9.77. The zero-order valence-corrected chi connectivity index (χ0v) is 12.0. The molecule has 0 saturated carbocycles. The number of carbonyl (C=O) groups excluding carboxylic acids is 1. The van der Waals surface area contributed by atoms with Gasteiger partial charge in [0, 0.05) is 34.9 Å². The van der Waals surface area contributed by atoms with Crippen LogP contribution in [-0.4, -0.2) is 21.0 Å². The van der Waals surface area contributed by atoms with Crippen LogP contribution in [0.15, 0.2) is 30.3 Å². The van der Waals surface area contributed by atoms with Crippen molar-refractivity contribution >= 4 is 17.4 Å². The van der Waals surface area contributed by atoms with E-state index in [1.807, 2.05) is 20.8 Å². The Bertz CT molecular complexity index is 686. The van der Waals surface area contributed by atoms with Crippen molar-refractivity contribution in [3.05, 3.63) is 51.7 Å². The molecule has 0 unspecified atom stereocenters. The van der Waals surface area contributed by atoms with Crippen molar-refractivity contribution in [2.45, 2.75) is 26.2 Å². The fourth-order valence-electron chi connectivity index (χ4n) is 1.72. The molecule has 1 amide bonds. The van der Waals surface area contributed by atoms with E-state index in [1.165, 1.54) is 24.3 Å². The van der Waals surface area contributed by atoms with Gasteiger partial charge < -0.3 is 5.32 Å². The Morgan fingerprint density at radius 1 is 1.33 bits per heavy atom. The van der Waals surface area contributed by atoms with Gasteiger partial charge in [0.15, 0.2) is 5.82 Å². The minimum Gasteiger partial charge on any atom is -0.305 e. The fraction of sp³-hybridized carbons (Fsp3) is 0.286. The van der Waals surface area contributed by atoms with Crippen LogP contribution in [0, 0.1) is 10.1 Å². The van der Waals surface area contributed by atoms with Crippen LogP contribution < -0.4 is 5.32 Å². The number of hydrogen-bond acceptors (Lipinski definition) is 4. The second-order valence-electron chi connectivity index (χ2n) is 5.68. The van der Waals surface area contributed by atoms with E-state index < -0.39 is 10.8 Å². The monoisotopic (exact) mass is 288 g/mol. The van der Waals surface area contributed by atoms with E-state index in [0.29, 0.717) is 5.82 Å². The van der Waals surface area contributed by atoms with Crippen LogP contribution in [-0.2, 0) is 5.41 Å². The summed E-state index contributed by atoms with van der Waals surface area (Å²) in [7, 11) is 0. The summed E-state index contributed by atoms with van der Waals surface area (Å²) >= 11 is 0. The van der Waals surface area contributed by atoms with E-state index >= 15 is 0 Å². The Morgan fingerprint density at radius 3 is 2.62 bits per heavy atom. The number of hydrogen-bond donors (Lipinski definition) is 2. The highest BCUT2D eigenvalue weighted by Crippen LogP contribution is 2.22. The summed E-state index contributed by atoms with van der Waals surface area (Å²) in [4.78, 5) is 22.2. The lowest BCUT2D eigenvalue weighted by molar-refractivity contribution is -0.384. The van der Waals surface area contributed by atoms with Gasteiger partial charge in [-0.05, 0) is 6.07 Å². The standard InChI is InChI=1S/C14H16N4O3/c1-14(2,3)11-8-12(17-16-11)15-13(19)9-5-4-6-10(7-9)18(20)21/h4-8H,1-3H3,(H2,15,16,17,19). The summed E-state index contributed by atoms with van der Waals surface area (Å²) in [6, 6.07) is 7.29. The van der Waals surface area contributed by atoms with Crippen LogP contribution in [0.25, 0.3) is 0 Å². The lowest BCUT2D eigenvalue weighted by Crippen LogP contribution is -2.12. The average Bonchev–Trinajstić information content (AvgIpc) is 2.87. The van der Waals surface area contributed by atoms with Crippen molar-refractivity contribution in [1.82, 2.24) is 10.2 Å². The summed E-state index contributed by atoms with van der Waals surface area (Å²) in [5.74, 6) is -0.0536. The lowest BCUT2D eigenvalue weighted by atomic mass is 9.92. The maximum atomic E-state index is 12.1. The second kappa shape index (κ2) is 5.35. The number of anilines is 1. The molecule has 0 saturated heterocycles. The van der Waals surface area contributed by atoms with Gasteiger partial charge in [0.05, 0.1) is 4.92 Å². The van der Waals surface area contributed by atoms with E-state index in [1.54, 1.807) is 6.07 Å². The number of rotatable bonds is 3. The topological polar surface area (TPSA) is 101 Å². The predicted molar refractivity (Wildman–Crippen MR) is 78.3 cm³/mol. The molecule has 7 heteroatoms. The molecule has 1 aromatic carbocycles. The third-order valence-corrected chi connectivity index (χ3v) is 2.95. The lowest BCUT2D eigenvalue weighted by Gasteiger charge is -2.14. The summed E-state index contributed by atoms with van der Waals surface area (Å²) in [5, 5.41) is 20.2. The molecule has 0 aliphatic carbocycles. The van der Waals surface area contributed by atoms with Gasteiger partial charge in [-0.15, -0.1) is 0 Å². The highest BCUT2D eigenvalue weighted by atomic mass is 16.6. The first-order valence-corrected chi connectivity index (χ1v) is 6.39. The van der Waals surface area contributed by atoms with Gasteiger partial charge in [0.2, 0.25) is 0 Å². The molecule has 2 aromatic rings. The van der Waals surface area contributed by atoms with E-state index in [2.05, 4.69) is 15.5 Å². The van der Waals surface area contributed by atoms with Crippen LogP contribution in [0.2, 0.25) is 0 Å². The molecular weight excluding hydrogens is 272 g/mol. The molecule has 0 aliphatic rings. The smallest absolute Gasteiger partial charge is 0.270 e. The SMILES string of the molecule is CC(C)(C)c1cc(NC(=O)c2cccc([N+](=O)[O-])c2)n[nH]1. The van der Waals surface area contributed by atoms with E-state index in [-0.39, 0.29) is 16.7 Å². The number of H-pyrrole nitrogens is 1. The quantitative estimate of drug-likeness (QED) is 0.669. The van der Waals surface area contributed by atoms with Gasteiger partial charge in [-0.1, -0.05) is 26.8 Å². The number of benzene rings is 1. The fourth-order valence-corrected chi connectivity index (χ4v) is 1.72. The van der Waals surface area contributed by atoms with E-state index in [0.717, 1.165) is 5.69 Å². The number of aromatic nitrogens is 2. The molecule has 21 heavy (non-hydrogen) atoms. The molecule has 2 N–H and O–H groups in total. The molecule has 0 radical (unpaired) electrons. The molecular formula is C14H16N4O3. The number of aromatic amines is 1. The Hall–Kier alpha value is -2.70. The van der Waals surface area contributed by atoms with Gasteiger partial charge >= 0.3 is 0 Å². The second-order valence-corrected chi connectivity index (χ2v) is 5.68. The molecule has 1 heterocycles. The van der Waals surface area contributed by atoms with Gasteiger partial charge in [0.1, 0.15) is 0 Å². The van der Waals surface area contributed by atoms with Crippen LogP contribution in [0.1, 0.15) is 36.8 Å². The predicted octanol–water partition coefficient (Wildman–Crippen LogP) is 2.87. The number of nitro groups is 1. The number of nitrogens with one attached hydrogen (secondary N) is 2. The number of carbonyl (C=O) groups is 1. The summed E-state index contributed by atoms with van der Waals surface area (Å²) in [6.07, 6.45) is 0. The normalized spacial score (nSPS) is 11.2. The first-order valence-electron chi connectivity index (χ1n) is 6.39. The van der Waals surface area contributed by atoms with Gasteiger partial charge in [-0.25, -0.2) is 0 Å². The third-order valence-electron chi connectivity index (χ3n) is 2.95. The molecule has 1 aromatic heterocycles. The van der Waals surface area contributed by atoms with E-state index in [4.69, 9.17) is 0 Å². The number of amides is 1. The summed E-state index contributed by atoms with van der Waals surface area (Å²) in [6.45, 7) is 6.06. The molecule has 0 bridgehead atoms. The van der Waals surface area contributed by atoms with Gasteiger partial charge in [-0.2, -0.15) is 5.10 Å². The van der Waals surface area contributed by atoms with Crippen molar-refractivity contribution in [3.63, 3.8) is 0 Å². The Morgan fingerprint density at radius 2 is 2.05 bits per heavy atom. The maximum absolute atomic E-state index is 12.1. The molecule has 0 fully saturated rings. The molecule has 2 rings (SSSR count). The molecule has 110 valence electrons. The summed E-state index contributed by atoms with van der Waals surface area (Å²) < 4.78 is 0. The molecule has 7 nitrogen and oxygen atoms in total. The van der Waals surface area contributed by atoms with Crippen molar-refractivity contribution in [1.29, 1.82) is 0 Å². The van der Waals surface area contributed by atoms with Gasteiger partial charge in [-0.3, -0.25) is 20.0 Å². The van der Waals surface area contributed by atoms with Crippen LogP contribution in [0.5, 0.6) is 0 Å². The highest BCUT2D eigenvalue weighted by Gasteiger charge is 2.18. The van der Waals surface area contributed by atoms with Crippen LogP contribution in [0.4, 0.5) is 11.5 Å². The molecule has 0 aliphatic heterocycles. The Kier molecular flexibility index (Phi) is 3.75. The minimum atomic E-state index is -0.539. The van der Waals surface area contributed by atoms with Crippen molar-refractivity contribution in [2.75, 3.05) is 5.32 Å². The van der Waals surface area contributed by atoms with Crippen molar-refractivity contribution < 1.29 is 9.72 Å². The highest BCUT2D eigenvalue weighted by molar-refractivity contribution is 6.04. The Labute approximate surface area is 121 Å². The maximum Gasteiger partial charge on any atom is 0.270 e. The van der Waals surface area contributed by atoms with Crippen LogP contribution >= 0.6 is 0 Å². The first kappa shape index (κ1) is 14.7. The van der Waals surface area contributed by atoms with E-state index in [9.17, 15) is 14.9 Å². The third kappa shape index (κ3) is 3.44. The number of nitro benzene ring substituents is 1. The zero-order valence-electron chi connectivity index (χ0n) is 12.0. The number of non-ortho nitro benzene ring substituents is 1. The van der Waals surface area contributed by atoms with Crippen LogP contribution in [0.3, 0.4) is 0 Å². The van der Waals surface area contributed by atoms with Gasteiger partial charge in [0.25, 0.3) is 11.6 Å². The molecule has 0 atom stereocenters. The van der Waals surface area contributed by atoms with Crippen molar-refractivity contribution in [3.8, 4) is 0 Å². The minimum absolute atomic E-state index is 0.110. The number of nitrogens with zero attached hydrogens (tertiary/aromatic N) is 2. The summed E-state index contributed by atoms with van der Waals surface area (Å²) in [5.41, 5.74) is 0.864. The Balaban J connectivity index is 2.16. The average molecular weight is 288 g/mol.